The van der Waals surface area contributed by atoms with Crippen molar-refractivity contribution in [2.24, 2.45) is 4.99 Å². The summed E-state index contributed by atoms with van der Waals surface area (Å²) < 4.78 is 1.66. The zero-order chi connectivity index (χ0) is 8.10. The van der Waals surface area contributed by atoms with E-state index in [2.05, 4.69) is 28.3 Å². The molecule has 1 rings (SSSR count). The molecule has 0 saturated carbocycles. The SMILES string of the molecule is C=CN=Cc1nncn1C=C. The third-order valence-corrected chi connectivity index (χ3v) is 1.09. The van der Waals surface area contributed by atoms with E-state index >= 15 is 0 Å². The van der Waals surface area contributed by atoms with E-state index in [1.807, 2.05) is 0 Å². The summed E-state index contributed by atoms with van der Waals surface area (Å²) in [5.41, 5.74) is 0. The van der Waals surface area contributed by atoms with E-state index in [1.165, 1.54) is 6.20 Å². The molecule has 0 unspecified atom stereocenters. The van der Waals surface area contributed by atoms with Gasteiger partial charge in [0, 0.05) is 12.4 Å². The van der Waals surface area contributed by atoms with E-state index in [1.54, 1.807) is 23.3 Å². The summed E-state index contributed by atoms with van der Waals surface area (Å²) in [7, 11) is 0. The third kappa shape index (κ3) is 1.61. The van der Waals surface area contributed by atoms with Gasteiger partial charge in [-0.05, 0) is 0 Å². The first-order valence-electron chi connectivity index (χ1n) is 3.04. The van der Waals surface area contributed by atoms with E-state index in [-0.39, 0.29) is 0 Å². The monoisotopic (exact) mass is 148 g/mol. The van der Waals surface area contributed by atoms with Crippen molar-refractivity contribution in [3.05, 3.63) is 31.5 Å². The van der Waals surface area contributed by atoms with Crippen LogP contribution in [0.25, 0.3) is 6.20 Å². The van der Waals surface area contributed by atoms with Gasteiger partial charge in [-0.2, -0.15) is 0 Å². The Kier molecular flexibility index (Phi) is 2.32. The van der Waals surface area contributed by atoms with Gasteiger partial charge in [0.2, 0.25) is 0 Å². The van der Waals surface area contributed by atoms with Crippen molar-refractivity contribution < 1.29 is 0 Å². The molecule has 1 heterocycles. The molecule has 1 aromatic heterocycles. The number of aliphatic imine (C=N–C) groups is 1. The van der Waals surface area contributed by atoms with E-state index < -0.39 is 0 Å². The molecule has 0 amide bonds. The lowest BCUT2D eigenvalue weighted by Gasteiger charge is -1.89. The molecule has 0 spiro atoms. The maximum Gasteiger partial charge on any atom is 0.179 e. The molecule has 0 aromatic carbocycles. The number of rotatable bonds is 3. The third-order valence-electron chi connectivity index (χ3n) is 1.09. The van der Waals surface area contributed by atoms with E-state index in [9.17, 15) is 0 Å². The quantitative estimate of drug-likeness (QED) is 0.599. The molecule has 4 nitrogen and oxygen atoms in total. The van der Waals surface area contributed by atoms with Crippen LogP contribution in [0.15, 0.2) is 30.7 Å². The molecule has 0 aliphatic carbocycles. The van der Waals surface area contributed by atoms with Crippen LogP contribution >= 0.6 is 0 Å². The van der Waals surface area contributed by atoms with Crippen molar-refractivity contribution >= 4 is 12.4 Å². The second kappa shape index (κ2) is 3.46. The van der Waals surface area contributed by atoms with Gasteiger partial charge in [-0.15, -0.1) is 10.2 Å². The highest BCUT2D eigenvalue weighted by Crippen LogP contribution is 1.90. The number of hydrogen-bond acceptors (Lipinski definition) is 3. The predicted molar refractivity (Wildman–Crippen MR) is 44.2 cm³/mol. The van der Waals surface area contributed by atoms with Gasteiger partial charge < -0.3 is 0 Å². The second-order valence-corrected chi connectivity index (χ2v) is 1.74. The van der Waals surface area contributed by atoms with Gasteiger partial charge in [0.1, 0.15) is 6.33 Å². The molecule has 0 atom stereocenters. The Morgan fingerprint density at radius 1 is 1.55 bits per heavy atom. The van der Waals surface area contributed by atoms with Gasteiger partial charge in [-0.3, -0.25) is 9.56 Å². The summed E-state index contributed by atoms with van der Waals surface area (Å²) in [5.74, 6) is 0.639. The van der Waals surface area contributed by atoms with Gasteiger partial charge in [-0.25, -0.2) is 0 Å². The van der Waals surface area contributed by atoms with Gasteiger partial charge in [0.15, 0.2) is 5.82 Å². The molecule has 0 fully saturated rings. The fourth-order valence-electron chi connectivity index (χ4n) is 0.604. The molecule has 0 radical (unpaired) electrons. The molecule has 0 aliphatic heterocycles. The number of nitrogens with zero attached hydrogens (tertiary/aromatic N) is 4. The second-order valence-electron chi connectivity index (χ2n) is 1.74. The van der Waals surface area contributed by atoms with Crippen LogP contribution in [0.1, 0.15) is 5.82 Å². The van der Waals surface area contributed by atoms with Crippen molar-refractivity contribution in [3.63, 3.8) is 0 Å². The van der Waals surface area contributed by atoms with Crippen molar-refractivity contribution in [3.8, 4) is 0 Å². The number of aromatic nitrogens is 3. The van der Waals surface area contributed by atoms with Gasteiger partial charge in [0.25, 0.3) is 0 Å². The molecule has 0 bridgehead atoms. The van der Waals surface area contributed by atoms with Crippen LogP contribution in [0.2, 0.25) is 0 Å². The Bertz CT molecular complexity index is 284. The molecule has 0 saturated heterocycles. The number of hydrogen-bond donors (Lipinski definition) is 0. The predicted octanol–water partition coefficient (Wildman–Crippen LogP) is 0.941. The van der Waals surface area contributed by atoms with E-state index in [0.717, 1.165) is 0 Å². The van der Waals surface area contributed by atoms with Crippen molar-refractivity contribution in [2.45, 2.75) is 0 Å². The average molecular weight is 148 g/mol. The average Bonchev–Trinajstić information content (AvgIpc) is 2.47. The van der Waals surface area contributed by atoms with Crippen LogP contribution in [-0.4, -0.2) is 21.0 Å². The fraction of sp³-hybridized carbons (Fsp3) is 0. The Morgan fingerprint density at radius 2 is 2.36 bits per heavy atom. The largest absolute Gasteiger partial charge is 0.288 e. The minimum Gasteiger partial charge on any atom is -0.288 e. The topological polar surface area (TPSA) is 43.1 Å². The highest BCUT2D eigenvalue weighted by molar-refractivity contribution is 5.75. The Balaban J connectivity index is 2.92. The maximum atomic E-state index is 3.79. The van der Waals surface area contributed by atoms with Crippen molar-refractivity contribution in [2.75, 3.05) is 0 Å². The molecular weight excluding hydrogens is 140 g/mol. The zero-order valence-corrected chi connectivity index (χ0v) is 6.01. The van der Waals surface area contributed by atoms with Gasteiger partial charge in [0.05, 0.1) is 6.21 Å². The first-order chi connectivity index (χ1) is 5.38. The highest BCUT2D eigenvalue weighted by atomic mass is 15.2. The fourth-order valence-corrected chi connectivity index (χ4v) is 0.604. The van der Waals surface area contributed by atoms with Crippen molar-refractivity contribution in [1.82, 2.24) is 14.8 Å². The lowest BCUT2D eigenvalue weighted by Crippen LogP contribution is -1.92. The Hall–Kier alpha value is -1.71. The Labute approximate surface area is 64.6 Å². The molecule has 1 aromatic rings. The standard InChI is InChI=1S/C7H8N4/c1-3-8-5-7-10-9-6-11(7)4-2/h3-6H,1-2H2. The summed E-state index contributed by atoms with van der Waals surface area (Å²) in [5, 5.41) is 7.43. The summed E-state index contributed by atoms with van der Waals surface area (Å²) in [4.78, 5) is 3.79. The van der Waals surface area contributed by atoms with Crippen LogP contribution in [0.4, 0.5) is 0 Å². The first-order valence-corrected chi connectivity index (χ1v) is 3.04. The molecule has 56 valence electrons. The first kappa shape index (κ1) is 7.40. The summed E-state index contributed by atoms with van der Waals surface area (Å²) >= 11 is 0. The van der Waals surface area contributed by atoms with Gasteiger partial charge in [-0.1, -0.05) is 13.2 Å². The van der Waals surface area contributed by atoms with E-state index in [0.29, 0.717) is 5.82 Å². The lowest BCUT2D eigenvalue weighted by atomic mass is 10.6. The van der Waals surface area contributed by atoms with Crippen LogP contribution in [0, 0.1) is 0 Å². The smallest absolute Gasteiger partial charge is 0.179 e. The molecule has 11 heavy (non-hydrogen) atoms. The zero-order valence-electron chi connectivity index (χ0n) is 6.01. The highest BCUT2D eigenvalue weighted by Gasteiger charge is 1.94. The van der Waals surface area contributed by atoms with Crippen LogP contribution in [0.5, 0.6) is 0 Å². The van der Waals surface area contributed by atoms with E-state index in [4.69, 9.17) is 0 Å². The summed E-state index contributed by atoms with van der Waals surface area (Å²) in [6, 6.07) is 0. The summed E-state index contributed by atoms with van der Waals surface area (Å²) in [6.07, 6.45) is 6.14. The molecule has 0 N–H and O–H groups in total. The van der Waals surface area contributed by atoms with Crippen molar-refractivity contribution in [1.29, 1.82) is 0 Å². The van der Waals surface area contributed by atoms with Gasteiger partial charge >= 0.3 is 0 Å². The minimum absolute atomic E-state index is 0.639. The van der Waals surface area contributed by atoms with Crippen LogP contribution < -0.4 is 0 Å². The normalized spacial score (nSPS) is 10.2. The minimum atomic E-state index is 0.639. The summed E-state index contributed by atoms with van der Waals surface area (Å²) in [6.45, 7) is 7.00. The Morgan fingerprint density at radius 3 is 3.00 bits per heavy atom. The van der Waals surface area contributed by atoms with Crippen LogP contribution in [-0.2, 0) is 0 Å². The lowest BCUT2D eigenvalue weighted by molar-refractivity contribution is 1.08. The molecular formula is C7H8N4. The molecule has 4 heteroatoms. The maximum absolute atomic E-state index is 3.79. The molecule has 0 aliphatic rings. The van der Waals surface area contributed by atoms with Crippen LogP contribution in [0.3, 0.4) is 0 Å².